The highest BCUT2D eigenvalue weighted by Gasteiger charge is 2.27. The van der Waals surface area contributed by atoms with E-state index >= 15 is 0 Å². The largest absolute Gasteiger partial charge is 0.341 e. The van der Waals surface area contributed by atoms with Crippen LogP contribution in [-0.4, -0.2) is 0 Å². The van der Waals surface area contributed by atoms with Crippen LogP contribution in [0.4, 0.5) is 5.69 Å². The molecule has 0 amide bonds. The number of benzene rings is 2. The molecule has 1 N–H and O–H groups in total. The van der Waals surface area contributed by atoms with E-state index in [1.165, 1.54) is 16.1 Å². The summed E-state index contributed by atoms with van der Waals surface area (Å²) in [7, 11) is 0. The van der Waals surface area contributed by atoms with Crippen molar-refractivity contribution >= 4 is 44.8 Å². The summed E-state index contributed by atoms with van der Waals surface area (Å²) in [4.78, 5) is 1.29. The molecule has 18 heavy (non-hydrogen) atoms. The summed E-state index contributed by atoms with van der Waals surface area (Å²) in [5.41, 5.74) is 2.54. The fraction of sp³-hybridized carbons (Fsp3) is 0.0769. The summed E-state index contributed by atoms with van der Waals surface area (Å²) < 4.78 is -1.60. The number of fused-ring (bicyclic) bond motifs is 1. The summed E-state index contributed by atoms with van der Waals surface area (Å²) >= 11 is 9.51. The van der Waals surface area contributed by atoms with Crippen LogP contribution in [0, 0.1) is 0 Å². The molecule has 0 aliphatic carbocycles. The van der Waals surface area contributed by atoms with Crippen LogP contribution < -0.4 is 5.09 Å². The molecule has 1 nitrogen and oxygen atoms in total. The lowest BCUT2D eigenvalue weighted by atomic mass is 10.2. The van der Waals surface area contributed by atoms with Crippen molar-refractivity contribution in [1.82, 2.24) is 0 Å². The monoisotopic (exact) mass is 309 g/mol. The molecular weight excluding hydrogens is 297 g/mol. The maximum atomic E-state index is 5.80. The summed E-state index contributed by atoms with van der Waals surface area (Å²) in [6.07, 6.45) is 0. The summed E-state index contributed by atoms with van der Waals surface area (Å²) in [5, 5.41) is 3.53. The number of hydrogen-bond donors (Lipinski definition) is 1. The van der Waals surface area contributed by atoms with Crippen molar-refractivity contribution in [1.29, 1.82) is 0 Å². The Morgan fingerprint density at radius 2 is 1.78 bits per heavy atom. The molecule has 0 bridgehead atoms. The fourth-order valence-corrected chi connectivity index (χ4v) is 10.0. The first-order chi connectivity index (χ1) is 8.75. The molecule has 1 aliphatic heterocycles. The van der Waals surface area contributed by atoms with Crippen LogP contribution in [0.25, 0.3) is 0 Å². The van der Waals surface area contributed by atoms with Gasteiger partial charge in [-0.1, -0.05) is 77.0 Å². The van der Waals surface area contributed by atoms with Gasteiger partial charge in [-0.2, -0.15) is 0 Å². The molecule has 0 saturated carbocycles. The van der Waals surface area contributed by atoms with E-state index in [2.05, 4.69) is 53.6 Å². The second-order valence-electron chi connectivity index (χ2n) is 3.96. The molecule has 92 valence electrons. The first-order valence-corrected chi connectivity index (χ1v) is 11.4. The first-order valence-electron chi connectivity index (χ1n) is 5.61. The Balaban J connectivity index is 1.70. The van der Waals surface area contributed by atoms with Crippen molar-refractivity contribution in [2.75, 3.05) is 5.09 Å². The van der Waals surface area contributed by atoms with Crippen molar-refractivity contribution < 1.29 is 0 Å². The van der Waals surface area contributed by atoms with Gasteiger partial charge in [-0.25, -0.2) is 0 Å². The van der Waals surface area contributed by atoms with E-state index in [-0.39, 0.29) is 0 Å². The molecule has 5 heteroatoms. The molecule has 1 atom stereocenters. The fourth-order valence-electron chi connectivity index (χ4n) is 1.73. The average molecular weight is 309 g/mol. The lowest BCUT2D eigenvalue weighted by Gasteiger charge is -2.14. The van der Waals surface area contributed by atoms with Gasteiger partial charge in [-0.15, -0.1) is 0 Å². The highest BCUT2D eigenvalue weighted by atomic mass is 33.2. The predicted molar refractivity (Wildman–Crippen MR) is 87.9 cm³/mol. The number of para-hydroxylation sites is 1. The SMILES string of the molecule is S=P1(SCc2ccccc2)Nc2ccccc2S1. The van der Waals surface area contributed by atoms with E-state index in [0.29, 0.717) is 0 Å². The molecule has 1 heterocycles. The zero-order valence-corrected chi connectivity index (χ0v) is 12.9. The molecule has 0 spiro atoms. The Bertz CT molecular complexity index is 571. The molecule has 0 radical (unpaired) electrons. The molecular formula is C13H12NPS3. The highest BCUT2D eigenvalue weighted by Crippen LogP contribution is 2.76. The van der Waals surface area contributed by atoms with Gasteiger partial charge in [0.25, 0.3) is 0 Å². The van der Waals surface area contributed by atoms with Gasteiger partial charge in [0.15, 0.2) is 0 Å². The van der Waals surface area contributed by atoms with Crippen molar-refractivity contribution in [2.45, 2.75) is 10.6 Å². The van der Waals surface area contributed by atoms with Gasteiger partial charge in [-0.3, -0.25) is 0 Å². The van der Waals surface area contributed by atoms with Crippen LogP contribution in [0.1, 0.15) is 5.56 Å². The standard InChI is InChI=1S/C13H12NPS3/c16-15(17-10-11-6-2-1-3-7-11)14-12-8-4-5-9-13(12)18-15/h1-9H,10H2,(H,14,16). The number of hydrogen-bond acceptors (Lipinski definition) is 3. The van der Waals surface area contributed by atoms with Crippen molar-refractivity contribution in [3.8, 4) is 0 Å². The molecule has 2 aromatic carbocycles. The van der Waals surface area contributed by atoms with Gasteiger partial charge >= 0.3 is 0 Å². The molecule has 1 aliphatic rings. The summed E-state index contributed by atoms with van der Waals surface area (Å²) in [6.45, 7) is 0. The van der Waals surface area contributed by atoms with E-state index in [1.54, 1.807) is 0 Å². The van der Waals surface area contributed by atoms with Gasteiger partial charge in [0.1, 0.15) is 4.59 Å². The van der Waals surface area contributed by atoms with E-state index in [0.717, 1.165) is 5.75 Å². The van der Waals surface area contributed by atoms with Crippen LogP contribution in [0.3, 0.4) is 0 Å². The second kappa shape index (κ2) is 5.30. The number of anilines is 1. The first kappa shape index (κ1) is 12.6. The molecule has 0 saturated heterocycles. The highest BCUT2D eigenvalue weighted by molar-refractivity contribution is 9.01. The molecule has 1 unspecified atom stereocenters. The maximum Gasteiger partial charge on any atom is 0.145 e. The molecule has 2 aromatic rings. The predicted octanol–water partition coefficient (Wildman–Crippen LogP) is 5.36. The third-order valence-corrected chi connectivity index (χ3v) is 11.5. The lowest BCUT2D eigenvalue weighted by molar-refractivity contribution is 1.43. The summed E-state index contributed by atoms with van der Waals surface area (Å²) in [6, 6.07) is 18.9. The van der Waals surface area contributed by atoms with E-state index in [4.69, 9.17) is 11.8 Å². The van der Waals surface area contributed by atoms with Crippen LogP contribution in [0.15, 0.2) is 59.5 Å². The minimum Gasteiger partial charge on any atom is -0.341 e. The molecule has 3 rings (SSSR count). The van der Waals surface area contributed by atoms with Crippen LogP contribution in [0.5, 0.6) is 0 Å². The average Bonchev–Trinajstić information content (AvgIpc) is 2.74. The van der Waals surface area contributed by atoms with E-state index in [9.17, 15) is 0 Å². The Kier molecular flexibility index (Phi) is 3.71. The normalized spacial score (nSPS) is 21.3. The minimum absolute atomic E-state index is 0.978. The van der Waals surface area contributed by atoms with Crippen LogP contribution >= 0.6 is 27.4 Å². The van der Waals surface area contributed by atoms with Crippen molar-refractivity contribution in [2.24, 2.45) is 0 Å². The van der Waals surface area contributed by atoms with Gasteiger partial charge in [0.2, 0.25) is 0 Å². The maximum absolute atomic E-state index is 5.80. The second-order valence-corrected chi connectivity index (χ2v) is 14.7. The Hall–Kier alpha value is -0.410. The van der Waals surface area contributed by atoms with Crippen molar-refractivity contribution in [3.63, 3.8) is 0 Å². The van der Waals surface area contributed by atoms with Crippen LogP contribution in [-0.2, 0) is 17.6 Å². The van der Waals surface area contributed by atoms with Crippen LogP contribution in [0.2, 0.25) is 0 Å². The quantitative estimate of drug-likeness (QED) is 0.765. The van der Waals surface area contributed by atoms with Gasteiger partial charge < -0.3 is 5.09 Å². The Labute approximate surface area is 120 Å². The zero-order valence-electron chi connectivity index (χ0n) is 9.58. The third-order valence-electron chi connectivity index (χ3n) is 2.61. The van der Waals surface area contributed by atoms with Gasteiger partial charge in [0.05, 0.1) is 5.69 Å². The molecule has 0 aromatic heterocycles. The minimum atomic E-state index is -1.60. The summed E-state index contributed by atoms with van der Waals surface area (Å²) in [5.74, 6) is 0.978. The smallest absolute Gasteiger partial charge is 0.145 e. The topological polar surface area (TPSA) is 12.0 Å². The van der Waals surface area contributed by atoms with E-state index in [1.807, 2.05) is 28.8 Å². The molecule has 0 fully saturated rings. The lowest BCUT2D eigenvalue weighted by Crippen LogP contribution is -1.85. The number of nitrogens with one attached hydrogen (secondary N) is 1. The van der Waals surface area contributed by atoms with E-state index < -0.39 is 4.59 Å². The third kappa shape index (κ3) is 2.77. The van der Waals surface area contributed by atoms with Gasteiger partial charge in [-0.05, 0) is 17.7 Å². The Morgan fingerprint density at radius 1 is 1.06 bits per heavy atom. The number of rotatable bonds is 3. The zero-order chi connectivity index (χ0) is 12.4. The Morgan fingerprint density at radius 3 is 2.56 bits per heavy atom. The van der Waals surface area contributed by atoms with Gasteiger partial charge in [0, 0.05) is 10.6 Å². The van der Waals surface area contributed by atoms with Crippen molar-refractivity contribution in [3.05, 3.63) is 60.2 Å².